The van der Waals surface area contributed by atoms with Crippen molar-refractivity contribution in [2.24, 2.45) is 34.5 Å². The van der Waals surface area contributed by atoms with Gasteiger partial charge in [-0.2, -0.15) is 0 Å². The van der Waals surface area contributed by atoms with E-state index in [9.17, 15) is 9.59 Å². The van der Waals surface area contributed by atoms with Crippen molar-refractivity contribution in [2.75, 3.05) is 6.54 Å². The maximum Gasteiger partial charge on any atom is 0.302 e. The Kier molecular flexibility index (Phi) is 3.74. The first-order valence-corrected chi connectivity index (χ1v) is 9.78. The topological polar surface area (TPSA) is 55.4 Å². The molecule has 3 aliphatic carbocycles. The van der Waals surface area contributed by atoms with Crippen LogP contribution in [0.1, 0.15) is 65.7 Å². The van der Waals surface area contributed by atoms with Crippen LogP contribution in [0.15, 0.2) is 0 Å². The van der Waals surface area contributed by atoms with E-state index in [2.05, 4.69) is 19.2 Å². The molecule has 0 bridgehead atoms. The molecule has 0 spiro atoms. The molecule has 1 heterocycles. The minimum atomic E-state index is -0.136. The lowest BCUT2D eigenvalue weighted by atomic mass is 9.46. The van der Waals surface area contributed by atoms with Crippen molar-refractivity contribution in [3.63, 3.8) is 0 Å². The Morgan fingerprint density at radius 2 is 1.83 bits per heavy atom. The zero-order chi connectivity index (χ0) is 17.1. The van der Waals surface area contributed by atoms with Crippen LogP contribution in [0.5, 0.6) is 0 Å². The number of piperidine rings is 1. The van der Waals surface area contributed by atoms with Crippen molar-refractivity contribution in [3.8, 4) is 0 Å². The summed E-state index contributed by atoms with van der Waals surface area (Å²) >= 11 is 0. The van der Waals surface area contributed by atoms with Gasteiger partial charge < -0.3 is 10.1 Å². The van der Waals surface area contributed by atoms with Crippen molar-refractivity contribution in [1.29, 1.82) is 0 Å². The molecule has 4 aliphatic rings. The first kappa shape index (κ1) is 16.4. The Bertz CT molecular complexity index is 561. The van der Waals surface area contributed by atoms with Gasteiger partial charge in [0.15, 0.2) is 0 Å². The van der Waals surface area contributed by atoms with E-state index in [1.54, 1.807) is 0 Å². The fourth-order valence-electron chi connectivity index (χ4n) is 7.14. The molecule has 0 radical (unpaired) electrons. The molecule has 24 heavy (non-hydrogen) atoms. The van der Waals surface area contributed by atoms with Gasteiger partial charge in [-0.1, -0.05) is 13.8 Å². The third kappa shape index (κ3) is 2.24. The predicted octanol–water partition coefficient (Wildman–Crippen LogP) is 3.30. The molecule has 4 heteroatoms. The highest BCUT2D eigenvalue weighted by Gasteiger charge is 2.61. The Morgan fingerprint density at radius 1 is 1.08 bits per heavy atom. The lowest BCUT2D eigenvalue weighted by Gasteiger charge is -2.59. The van der Waals surface area contributed by atoms with Gasteiger partial charge in [-0.15, -0.1) is 0 Å². The maximum absolute atomic E-state index is 12.1. The number of hydrogen-bond donors (Lipinski definition) is 1. The quantitative estimate of drug-likeness (QED) is 0.749. The summed E-state index contributed by atoms with van der Waals surface area (Å²) in [5.74, 6) is 2.78. The van der Waals surface area contributed by atoms with E-state index in [0.29, 0.717) is 30.1 Å². The van der Waals surface area contributed by atoms with Crippen LogP contribution < -0.4 is 5.32 Å². The number of hydrogen-bond acceptors (Lipinski definition) is 3. The third-order valence-corrected chi connectivity index (χ3v) is 8.37. The lowest BCUT2D eigenvalue weighted by molar-refractivity contribution is -0.163. The van der Waals surface area contributed by atoms with Crippen molar-refractivity contribution >= 4 is 11.9 Å². The fraction of sp³-hybridized carbons (Fsp3) is 0.900. The molecule has 7 unspecified atom stereocenters. The van der Waals surface area contributed by atoms with Crippen LogP contribution in [0.4, 0.5) is 0 Å². The molecule has 4 fully saturated rings. The van der Waals surface area contributed by atoms with Gasteiger partial charge in [-0.3, -0.25) is 9.59 Å². The van der Waals surface area contributed by atoms with Gasteiger partial charge >= 0.3 is 5.97 Å². The SMILES string of the molecule is CC(=O)OC1CCC2C3CCC4CNC(=O)CC4(C)C3CCC12C. The van der Waals surface area contributed by atoms with Crippen molar-refractivity contribution in [3.05, 3.63) is 0 Å². The smallest absolute Gasteiger partial charge is 0.302 e. The number of carbonyl (C=O) groups is 2. The molecular formula is C20H31NO3. The van der Waals surface area contributed by atoms with Crippen LogP contribution in [0, 0.1) is 34.5 Å². The fourth-order valence-corrected chi connectivity index (χ4v) is 7.14. The number of fused-ring (bicyclic) bond motifs is 5. The Balaban J connectivity index is 1.60. The Labute approximate surface area is 145 Å². The van der Waals surface area contributed by atoms with Gasteiger partial charge in [-0.25, -0.2) is 0 Å². The largest absolute Gasteiger partial charge is 0.462 e. The standard InChI is InChI=1S/C20H31NO3/c1-12(22)24-17-7-6-15-14-5-4-13-11-21-18(23)10-20(13,3)16(14)8-9-19(15,17)2/h13-17H,4-11H2,1-3H3,(H,21,23). The molecule has 0 aromatic heterocycles. The van der Waals surface area contributed by atoms with Gasteiger partial charge in [0.2, 0.25) is 5.91 Å². The number of rotatable bonds is 1. The second-order valence-electron chi connectivity index (χ2n) is 9.36. The number of nitrogens with one attached hydrogen (secondary N) is 1. The van der Waals surface area contributed by atoms with Crippen LogP contribution in [-0.4, -0.2) is 24.5 Å². The van der Waals surface area contributed by atoms with Crippen LogP contribution in [0.25, 0.3) is 0 Å². The highest BCUT2D eigenvalue weighted by Crippen LogP contribution is 2.65. The molecule has 134 valence electrons. The highest BCUT2D eigenvalue weighted by molar-refractivity contribution is 5.77. The van der Waals surface area contributed by atoms with Gasteiger partial charge in [0, 0.05) is 25.3 Å². The first-order valence-electron chi connectivity index (χ1n) is 9.78. The van der Waals surface area contributed by atoms with E-state index in [4.69, 9.17) is 4.74 Å². The van der Waals surface area contributed by atoms with Crippen LogP contribution in [0.2, 0.25) is 0 Å². The van der Waals surface area contributed by atoms with Gasteiger partial charge in [0.05, 0.1) is 0 Å². The summed E-state index contributed by atoms with van der Waals surface area (Å²) in [5.41, 5.74) is 0.319. The van der Waals surface area contributed by atoms with E-state index in [0.717, 1.165) is 19.4 Å². The molecule has 4 nitrogen and oxygen atoms in total. The van der Waals surface area contributed by atoms with Crippen LogP contribution in [-0.2, 0) is 14.3 Å². The molecule has 3 saturated carbocycles. The number of ether oxygens (including phenoxy) is 1. The minimum absolute atomic E-state index is 0.0983. The summed E-state index contributed by atoms with van der Waals surface area (Å²) in [6.45, 7) is 7.15. The Hall–Kier alpha value is -1.06. The molecule has 1 aliphatic heterocycles. The third-order valence-electron chi connectivity index (χ3n) is 8.37. The number of amides is 1. The summed E-state index contributed by atoms with van der Waals surface area (Å²) in [6, 6.07) is 0. The average Bonchev–Trinajstić information content (AvgIpc) is 2.82. The first-order chi connectivity index (χ1) is 11.3. The summed E-state index contributed by atoms with van der Waals surface area (Å²) in [7, 11) is 0. The molecule has 1 N–H and O–H groups in total. The normalized spacial score (nSPS) is 50.3. The van der Waals surface area contributed by atoms with E-state index >= 15 is 0 Å². The average molecular weight is 333 g/mol. The monoisotopic (exact) mass is 333 g/mol. The summed E-state index contributed by atoms with van der Waals surface area (Å²) < 4.78 is 5.71. The highest BCUT2D eigenvalue weighted by atomic mass is 16.5. The predicted molar refractivity (Wildman–Crippen MR) is 91.1 cm³/mol. The van der Waals surface area contributed by atoms with Crippen molar-refractivity contribution in [2.45, 2.75) is 71.8 Å². The number of carbonyl (C=O) groups excluding carboxylic acids is 2. The zero-order valence-corrected chi connectivity index (χ0v) is 15.3. The summed E-state index contributed by atoms with van der Waals surface area (Å²) in [5, 5.41) is 3.09. The van der Waals surface area contributed by atoms with Crippen LogP contribution >= 0.6 is 0 Å². The van der Waals surface area contributed by atoms with Gasteiger partial charge in [-0.05, 0) is 67.6 Å². The van der Waals surface area contributed by atoms with Gasteiger partial charge in [0.1, 0.15) is 6.10 Å². The van der Waals surface area contributed by atoms with Crippen LogP contribution in [0.3, 0.4) is 0 Å². The Morgan fingerprint density at radius 3 is 2.58 bits per heavy atom. The van der Waals surface area contributed by atoms with E-state index < -0.39 is 0 Å². The minimum Gasteiger partial charge on any atom is -0.462 e. The maximum atomic E-state index is 12.1. The zero-order valence-electron chi connectivity index (χ0n) is 15.3. The molecule has 1 amide bonds. The summed E-state index contributed by atoms with van der Waals surface area (Å²) in [4.78, 5) is 23.6. The van der Waals surface area contributed by atoms with Crippen molar-refractivity contribution in [1.82, 2.24) is 5.32 Å². The molecule has 0 aromatic carbocycles. The second kappa shape index (κ2) is 5.47. The molecule has 1 saturated heterocycles. The van der Waals surface area contributed by atoms with Gasteiger partial charge in [0.25, 0.3) is 0 Å². The molecule has 4 rings (SSSR count). The van der Waals surface area contributed by atoms with E-state index in [1.165, 1.54) is 32.6 Å². The molecular weight excluding hydrogens is 302 g/mol. The molecule has 0 aromatic rings. The van der Waals surface area contributed by atoms with Crippen molar-refractivity contribution < 1.29 is 14.3 Å². The van der Waals surface area contributed by atoms with E-state index in [1.807, 2.05) is 0 Å². The second-order valence-corrected chi connectivity index (χ2v) is 9.36. The molecule has 7 atom stereocenters. The van der Waals surface area contributed by atoms with E-state index in [-0.39, 0.29) is 28.8 Å². The number of esters is 1. The summed E-state index contributed by atoms with van der Waals surface area (Å²) in [6.07, 6.45) is 7.86. The lowest BCUT2D eigenvalue weighted by Crippen LogP contribution is -2.58.